The summed E-state index contributed by atoms with van der Waals surface area (Å²) in [6.45, 7) is 6.57. The molecule has 0 saturated carbocycles. The maximum absolute atomic E-state index is 2.33. The Bertz CT molecular complexity index is 297. The van der Waals surface area contributed by atoms with Gasteiger partial charge in [-0.2, -0.15) is 0 Å². The molecule has 0 saturated heterocycles. The van der Waals surface area contributed by atoms with Crippen molar-refractivity contribution in [2.45, 2.75) is 39.5 Å². The SMILES string of the molecule is CC=CCC(C)c1cccc(CC)c1. The lowest BCUT2D eigenvalue weighted by molar-refractivity contribution is 0.778. The minimum Gasteiger partial charge on any atom is -0.0916 e. The van der Waals surface area contributed by atoms with Crippen LogP contribution in [0.25, 0.3) is 0 Å². The summed E-state index contributed by atoms with van der Waals surface area (Å²) in [7, 11) is 0. The number of benzene rings is 1. The van der Waals surface area contributed by atoms with E-state index in [0.29, 0.717) is 5.92 Å². The fourth-order valence-electron chi connectivity index (χ4n) is 1.60. The average Bonchev–Trinajstić information content (AvgIpc) is 2.26. The molecule has 0 aliphatic heterocycles. The first-order valence-corrected chi connectivity index (χ1v) is 5.48. The van der Waals surface area contributed by atoms with Gasteiger partial charge in [-0.1, -0.05) is 50.3 Å². The van der Waals surface area contributed by atoms with Gasteiger partial charge in [-0.25, -0.2) is 0 Å². The molecule has 0 radical (unpaired) electrons. The summed E-state index contributed by atoms with van der Waals surface area (Å²) in [4.78, 5) is 0. The van der Waals surface area contributed by atoms with E-state index in [1.807, 2.05) is 0 Å². The molecule has 0 aliphatic carbocycles. The van der Waals surface area contributed by atoms with Gasteiger partial charge in [0.25, 0.3) is 0 Å². The molecule has 1 aromatic carbocycles. The Labute approximate surface area is 87.7 Å². The van der Waals surface area contributed by atoms with Crippen molar-refractivity contribution in [3.63, 3.8) is 0 Å². The molecule has 0 spiro atoms. The number of hydrogen-bond donors (Lipinski definition) is 0. The van der Waals surface area contributed by atoms with Gasteiger partial charge in [0, 0.05) is 0 Å². The highest BCUT2D eigenvalue weighted by atomic mass is 14.1. The number of allylic oxidation sites excluding steroid dienone is 2. The van der Waals surface area contributed by atoms with Gasteiger partial charge in [-0.05, 0) is 36.8 Å². The minimum atomic E-state index is 0.637. The summed E-state index contributed by atoms with van der Waals surface area (Å²) in [5.74, 6) is 0.637. The molecular formula is C14H20. The van der Waals surface area contributed by atoms with Crippen molar-refractivity contribution < 1.29 is 0 Å². The van der Waals surface area contributed by atoms with E-state index in [1.165, 1.54) is 11.1 Å². The lowest BCUT2D eigenvalue weighted by Gasteiger charge is -2.10. The molecule has 0 aliphatic rings. The van der Waals surface area contributed by atoms with Crippen LogP contribution in [0.5, 0.6) is 0 Å². The first kappa shape index (κ1) is 11.0. The van der Waals surface area contributed by atoms with Crippen molar-refractivity contribution in [2.24, 2.45) is 0 Å². The van der Waals surface area contributed by atoms with E-state index in [4.69, 9.17) is 0 Å². The average molecular weight is 188 g/mol. The van der Waals surface area contributed by atoms with Crippen molar-refractivity contribution >= 4 is 0 Å². The van der Waals surface area contributed by atoms with Crippen molar-refractivity contribution in [1.82, 2.24) is 0 Å². The van der Waals surface area contributed by atoms with Crippen LogP contribution in [0.1, 0.15) is 44.2 Å². The Morgan fingerprint density at radius 2 is 2.14 bits per heavy atom. The van der Waals surface area contributed by atoms with E-state index in [9.17, 15) is 0 Å². The van der Waals surface area contributed by atoms with Crippen molar-refractivity contribution in [3.8, 4) is 0 Å². The quantitative estimate of drug-likeness (QED) is 0.617. The fourth-order valence-corrected chi connectivity index (χ4v) is 1.60. The van der Waals surface area contributed by atoms with Gasteiger partial charge >= 0.3 is 0 Å². The zero-order valence-corrected chi connectivity index (χ0v) is 9.46. The molecule has 0 fully saturated rings. The lowest BCUT2D eigenvalue weighted by atomic mass is 9.95. The summed E-state index contributed by atoms with van der Waals surface area (Å²) in [5, 5.41) is 0. The van der Waals surface area contributed by atoms with Crippen LogP contribution in [-0.2, 0) is 6.42 Å². The molecule has 0 N–H and O–H groups in total. The molecule has 1 unspecified atom stereocenters. The third-order valence-electron chi connectivity index (χ3n) is 2.65. The molecule has 0 aromatic heterocycles. The monoisotopic (exact) mass is 188 g/mol. The van der Waals surface area contributed by atoms with Crippen LogP contribution in [0.15, 0.2) is 36.4 Å². The largest absolute Gasteiger partial charge is 0.0916 e. The third-order valence-corrected chi connectivity index (χ3v) is 2.65. The highest BCUT2D eigenvalue weighted by Crippen LogP contribution is 2.20. The Kier molecular flexibility index (Phi) is 4.45. The van der Waals surface area contributed by atoms with Crippen molar-refractivity contribution in [1.29, 1.82) is 0 Å². The van der Waals surface area contributed by atoms with Crippen LogP contribution in [0.4, 0.5) is 0 Å². The second-order valence-electron chi connectivity index (χ2n) is 3.80. The third kappa shape index (κ3) is 3.02. The van der Waals surface area contributed by atoms with E-state index >= 15 is 0 Å². The first-order valence-electron chi connectivity index (χ1n) is 5.48. The summed E-state index contributed by atoms with van der Waals surface area (Å²) in [6.07, 6.45) is 6.64. The Morgan fingerprint density at radius 1 is 1.36 bits per heavy atom. The van der Waals surface area contributed by atoms with E-state index in [-0.39, 0.29) is 0 Å². The van der Waals surface area contributed by atoms with Crippen LogP contribution in [-0.4, -0.2) is 0 Å². The molecular weight excluding hydrogens is 168 g/mol. The maximum atomic E-state index is 2.33. The van der Waals surface area contributed by atoms with Crippen molar-refractivity contribution in [3.05, 3.63) is 47.5 Å². The minimum absolute atomic E-state index is 0.637. The Hall–Kier alpha value is -1.04. The number of aryl methyl sites for hydroxylation is 1. The van der Waals surface area contributed by atoms with Gasteiger partial charge < -0.3 is 0 Å². The predicted octanol–water partition coefficient (Wildman–Crippen LogP) is 4.32. The van der Waals surface area contributed by atoms with E-state index < -0.39 is 0 Å². The second-order valence-corrected chi connectivity index (χ2v) is 3.80. The number of rotatable bonds is 4. The standard InChI is InChI=1S/C14H20/c1-4-6-8-12(3)14-10-7-9-13(5-2)11-14/h4,6-7,9-12H,5,8H2,1-3H3. The van der Waals surface area contributed by atoms with Gasteiger partial charge in [0.15, 0.2) is 0 Å². The van der Waals surface area contributed by atoms with Gasteiger partial charge in [-0.3, -0.25) is 0 Å². The molecule has 1 atom stereocenters. The van der Waals surface area contributed by atoms with Crippen LogP contribution in [0, 0.1) is 0 Å². The Balaban J connectivity index is 2.73. The van der Waals surface area contributed by atoms with E-state index in [2.05, 4.69) is 57.2 Å². The van der Waals surface area contributed by atoms with Crippen LogP contribution in [0.3, 0.4) is 0 Å². The summed E-state index contributed by atoms with van der Waals surface area (Å²) in [5.41, 5.74) is 2.90. The van der Waals surface area contributed by atoms with E-state index in [0.717, 1.165) is 12.8 Å². The first-order chi connectivity index (χ1) is 6.77. The molecule has 1 rings (SSSR count). The zero-order valence-electron chi connectivity index (χ0n) is 9.46. The van der Waals surface area contributed by atoms with Crippen LogP contribution < -0.4 is 0 Å². The Morgan fingerprint density at radius 3 is 2.79 bits per heavy atom. The fraction of sp³-hybridized carbons (Fsp3) is 0.429. The highest BCUT2D eigenvalue weighted by Gasteiger charge is 2.03. The van der Waals surface area contributed by atoms with Gasteiger partial charge in [-0.15, -0.1) is 0 Å². The van der Waals surface area contributed by atoms with Crippen LogP contribution >= 0.6 is 0 Å². The highest BCUT2D eigenvalue weighted by molar-refractivity contribution is 5.26. The molecule has 1 aromatic rings. The van der Waals surface area contributed by atoms with Gasteiger partial charge in [0.05, 0.1) is 0 Å². The molecule has 14 heavy (non-hydrogen) atoms. The number of hydrogen-bond acceptors (Lipinski definition) is 0. The van der Waals surface area contributed by atoms with Gasteiger partial charge in [0.1, 0.15) is 0 Å². The molecule has 0 nitrogen and oxygen atoms in total. The van der Waals surface area contributed by atoms with Gasteiger partial charge in [0.2, 0.25) is 0 Å². The predicted molar refractivity (Wildman–Crippen MR) is 63.7 cm³/mol. The van der Waals surface area contributed by atoms with Crippen LogP contribution in [0.2, 0.25) is 0 Å². The topological polar surface area (TPSA) is 0 Å². The molecule has 0 heterocycles. The summed E-state index contributed by atoms with van der Waals surface area (Å²) >= 11 is 0. The normalized spacial score (nSPS) is 13.4. The maximum Gasteiger partial charge on any atom is -0.0156 e. The molecule has 76 valence electrons. The second kappa shape index (κ2) is 5.64. The zero-order chi connectivity index (χ0) is 10.4. The van der Waals surface area contributed by atoms with Crippen molar-refractivity contribution in [2.75, 3.05) is 0 Å². The summed E-state index contributed by atoms with van der Waals surface area (Å²) in [6, 6.07) is 8.92. The molecule has 0 amide bonds. The molecule has 0 heteroatoms. The summed E-state index contributed by atoms with van der Waals surface area (Å²) < 4.78 is 0. The van der Waals surface area contributed by atoms with E-state index in [1.54, 1.807) is 0 Å². The lowest BCUT2D eigenvalue weighted by Crippen LogP contribution is -1.93. The molecule has 0 bridgehead atoms. The smallest absolute Gasteiger partial charge is 0.0156 e.